The number of likely N-dealkylation sites (tertiary alicyclic amines) is 1. The molecule has 0 spiro atoms. The van der Waals surface area contributed by atoms with E-state index in [9.17, 15) is 9.59 Å². The van der Waals surface area contributed by atoms with Crippen LogP contribution >= 0.6 is 0 Å². The van der Waals surface area contributed by atoms with Gasteiger partial charge >= 0.3 is 0 Å². The van der Waals surface area contributed by atoms with Crippen molar-refractivity contribution in [2.75, 3.05) is 6.54 Å². The van der Waals surface area contributed by atoms with Crippen LogP contribution < -0.4 is 5.56 Å². The summed E-state index contributed by atoms with van der Waals surface area (Å²) < 4.78 is 0. The van der Waals surface area contributed by atoms with Crippen LogP contribution in [0.15, 0.2) is 41.2 Å². The van der Waals surface area contributed by atoms with Gasteiger partial charge in [-0.2, -0.15) is 0 Å². The highest BCUT2D eigenvalue weighted by molar-refractivity contribution is 5.88. The number of allylic oxidation sites excluding steroid dienone is 1. The molecule has 4 rings (SSSR count). The molecule has 0 aromatic carbocycles. The van der Waals surface area contributed by atoms with Gasteiger partial charge in [-0.25, -0.2) is 0 Å². The van der Waals surface area contributed by atoms with Crippen LogP contribution in [0.4, 0.5) is 0 Å². The van der Waals surface area contributed by atoms with E-state index in [1.54, 1.807) is 6.07 Å². The molecule has 3 atom stereocenters. The average Bonchev–Trinajstić information content (AvgIpc) is 2.52. The van der Waals surface area contributed by atoms with Gasteiger partial charge in [0.25, 0.3) is 0 Å². The van der Waals surface area contributed by atoms with E-state index in [4.69, 9.17) is 0 Å². The predicted octanol–water partition coefficient (Wildman–Crippen LogP) is 2.52. The Morgan fingerprint density at radius 3 is 3.09 bits per heavy atom. The minimum Gasteiger partial charge on any atom is -0.329 e. The van der Waals surface area contributed by atoms with E-state index >= 15 is 0 Å². The molecule has 0 saturated carbocycles. The summed E-state index contributed by atoms with van der Waals surface area (Å²) in [5, 5.41) is 0. The maximum Gasteiger partial charge on any atom is 0.248 e. The molecule has 4 nitrogen and oxygen atoms in total. The van der Waals surface area contributed by atoms with E-state index in [0.29, 0.717) is 11.8 Å². The van der Waals surface area contributed by atoms with Crippen molar-refractivity contribution in [1.29, 1.82) is 0 Å². The fourth-order valence-corrected chi connectivity index (χ4v) is 5.25. The number of H-pyrrole nitrogens is 1. The Morgan fingerprint density at radius 2 is 2.30 bits per heavy atom. The van der Waals surface area contributed by atoms with Gasteiger partial charge in [-0.15, -0.1) is 0 Å². The van der Waals surface area contributed by atoms with Gasteiger partial charge in [-0.05, 0) is 62.1 Å². The highest BCUT2D eigenvalue weighted by Crippen LogP contribution is 2.56. The molecule has 2 heterocycles. The van der Waals surface area contributed by atoms with Crippen molar-refractivity contribution in [2.45, 2.75) is 38.1 Å². The second-order valence-corrected chi connectivity index (χ2v) is 7.14. The van der Waals surface area contributed by atoms with Crippen LogP contribution in [-0.4, -0.2) is 22.3 Å². The largest absolute Gasteiger partial charge is 0.329 e. The molecule has 1 saturated heterocycles. The Morgan fingerprint density at radius 1 is 1.48 bits per heavy atom. The number of fused-ring (bicyclic) bond motifs is 1. The standard InChI is InChI=1S/C19H22N2O2/c1-3-18(23)21-8-4-5-14-13-9-12(2)11-19(14,21)15-6-7-17(22)20-16(15)10-13/h3,6-7,9,13-14H,1,4-5,8,10-11H2,2H3,(H,20,22)/t13-,14+,19-/m0/s1. The number of amides is 1. The summed E-state index contributed by atoms with van der Waals surface area (Å²) in [5.41, 5.74) is 3.11. The van der Waals surface area contributed by atoms with Crippen molar-refractivity contribution in [3.05, 3.63) is 58.0 Å². The van der Waals surface area contributed by atoms with Crippen LogP contribution in [-0.2, 0) is 16.8 Å². The first-order chi connectivity index (χ1) is 11.1. The number of hydrogen-bond donors (Lipinski definition) is 1. The van der Waals surface area contributed by atoms with E-state index in [1.165, 1.54) is 11.6 Å². The maximum absolute atomic E-state index is 12.6. The summed E-state index contributed by atoms with van der Waals surface area (Å²) in [6, 6.07) is 3.55. The Balaban J connectivity index is 1.99. The first-order valence-corrected chi connectivity index (χ1v) is 8.40. The van der Waals surface area contributed by atoms with Crippen LogP contribution in [0.25, 0.3) is 0 Å². The molecule has 120 valence electrons. The predicted molar refractivity (Wildman–Crippen MR) is 88.9 cm³/mol. The fourth-order valence-electron chi connectivity index (χ4n) is 5.25. The van der Waals surface area contributed by atoms with E-state index in [1.807, 2.05) is 11.0 Å². The smallest absolute Gasteiger partial charge is 0.248 e. The van der Waals surface area contributed by atoms with Crippen molar-refractivity contribution in [3.8, 4) is 0 Å². The first-order valence-electron chi connectivity index (χ1n) is 8.40. The number of nitrogens with one attached hydrogen (secondary N) is 1. The second-order valence-electron chi connectivity index (χ2n) is 7.14. The highest BCUT2D eigenvalue weighted by Gasteiger charge is 2.56. The Labute approximate surface area is 135 Å². The van der Waals surface area contributed by atoms with Gasteiger partial charge in [-0.3, -0.25) is 9.59 Å². The number of piperidine rings is 1. The van der Waals surface area contributed by atoms with Gasteiger partial charge in [0.1, 0.15) is 0 Å². The normalized spacial score (nSPS) is 31.7. The third kappa shape index (κ3) is 1.90. The van der Waals surface area contributed by atoms with E-state index in [-0.39, 0.29) is 17.0 Å². The molecule has 1 fully saturated rings. The fraction of sp³-hybridized carbons (Fsp3) is 0.474. The van der Waals surface area contributed by atoms with Crippen LogP contribution in [0, 0.1) is 11.8 Å². The Bertz CT molecular complexity index is 776. The lowest BCUT2D eigenvalue weighted by Gasteiger charge is -2.59. The lowest BCUT2D eigenvalue weighted by molar-refractivity contribution is -0.142. The second kappa shape index (κ2) is 4.95. The minimum atomic E-state index is -0.315. The van der Waals surface area contributed by atoms with Crippen molar-refractivity contribution >= 4 is 5.91 Å². The van der Waals surface area contributed by atoms with Gasteiger partial charge in [-0.1, -0.05) is 18.2 Å². The summed E-state index contributed by atoms with van der Waals surface area (Å²) in [4.78, 5) is 29.5. The van der Waals surface area contributed by atoms with Crippen molar-refractivity contribution in [2.24, 2.45) is 11.8 Å². The molecule has 0 unspecified atom stereocenters. The number of rotatable bonds is 1. The number of carbonyl (C=O) groups excluding carboxylic acids is 1. The molecular weight excluding hydrogens is 288 g/mol. The molecule has 1 aromatic rings. The molecule has 4 heteroatoms. The molecule has 2 aliphatic carbocycles. The minimum absolute atomic E-state index is 0.00204. The third-order valence-corrected chi connectivity index (χ3v) is 5.90. The van der Waals surface area contributed by atoms with Gasteiger partial charge in [0.05, 0.1) is 5.54 Å². The van der Waals surface area contributed by atoms with Crippen molar-refractivity contribution in [1.82, 2.24) is 9.88 Å². The summed E-state index contributed by atoms with van der Waals surface area (Å²) in [7, 11) is 0. The number of carbonyl (C=O) groups is 1. The first kappa shape index (κ1) is 14.5. The Kier molecular flexibility index (Phi) is 3.12. The van der Waals surface area contributed by atoms with E-state index in [2.05, 4.69) is 24.6 Å². The van der Waals surface area contributed by atoms with Gasteiger partial charge in [0.15, 0.2) is 0 Å². The summed E-state index contributed by atoms with van der Waals surface area (Å²) >= 11 is 0. The number of pyridine rings is 1. The summed E-state index contributed by atoms with van der Waals surface area (Å²) in [6.45, 7) is 6.62. The number of nitrogens with zero attached hydrogens (tertiary/aromatic N) is 1. The summed E-state index contributed by atoms with van der Waals surface area (Å²) in [5.74, 6) is 0.833. The number of aromatic nitrogens is 1. The molecule has 1 N–H and O–H groups in total. The highest BCUT2D eigenvalue weighted by atomic mass is 16.2. The van der Waals surface area contributed by atoms with Crippen molar-refractivity contribution in [3.63, 3.8) is 0 Å². The lowest BCUT2D eigenvalue weighted by Crippen LogP contribution is -2.62. The van der Waals surface area contributed by atoms with Crippen LogP contribution in [0.2, 0.25) is 0 Å². The van der Waals surface area contributed by atoms with Crippen LogP contribution in [0.5, 0.6) is 0 Å². The topological polar surface area (TPSA) is 53.2 Å². The molecular formula is C19H22N2O2. The molecule has 0 radical (unpaired) electrons. The Hall–Kier alpha value is -2.10. The van der Waals surface area contributed by atoms with Gasteiger partial charge in [0, 0.05) is 18.3 Å². The zero-order valence-corrected chi connectivity index (χ0v) is 13.5. The zero-order valence-electron chi connectivity index (χ0n) is 13.5. The van der Waals surface area contributed by atoms with E-state index in [0.717, 1.165) is 43.5 Å². The molecule has 3 aliphatic rings. The molecule has 1 amide bonds. The van der Waals surface area contributed by atoms with E-state index < -0.39 is 0 Å². The quantitative estimate of drug-likeness (QED) is 0.640. The molecule has 1 aromatic heterocycles. The van der Waals surface area contributed by atoms with Crippen LogP contribution in [0.1, 0.15) is 37.4 Å². The third-order valence-electron chi connectivity index (χ3n) is 5.90. The lowest BCUT2D eigenvalue weighted by atomic mass is 9.56. The average molecular weight is 310 g/mol. The molecule has 23 heavy (non-hydrogen) atoms. The number of hydrogen-bond acceptors (Lipinski definition) is 2. The maximum atomic E-state index is 12.6. The molecule has 2 bridgehead atoms. The number of aromatic amines is 1. The SMILES string of the molecule is C=CC(=O)N1CCC[C@@H]2[C@H]3C=C(C)C[C@@]21c1ccc(=O)[nH]c1C3. The molecule has 1 aliphatic heterocycles. The van der Waals surface area contributed by atoms with Crippen LogP contribution in [0.3, 0.4) is 0 Å². The van der Waals surface area contributed by atoms with Gasteiger partial charge in [0.2, 0.25) is 11.5 Å². The summed E-state index contributed by atoms with van der Waals surface area (Å²) in [6.07, 6.45) is 7.68. The zero-order chi connectivity index (χ0) is 16.2. The van der Waals surface area contributed by atoms with Crippen molar-refractivity contribution < 1.29 is 4.79 Å². The van der Waals surface area contributed by atoms with Gasteiger partial charge < -0.3 is 9.88 Å². The monoisotopic (exact) mass is 310 g/mol.